The third-order valence-corrected chi connectivity index (χ3v) is 4.58. The van der Waals surface area contributed by atoms with Crippen LogP contribution in [0.5, 0.6) is 11.5 Å². The van der Waals surface area contributed by atoms with Gasteiger partial charge in [0, 0.05) is 5.56 Å². The van der Waals surface area contributed by atoms with Crippen LogP contribution in [0.1, 0.15) is 16.8 Å². The number of carbonyl (C=O) groups is 1. The van der Waals surface area contributed by atoms with E-state index in [-0.39, 0.29) is 18.6 Å². The van der Waals surface area contributed by atoms with Crippen molar-refractivity contribution < 1.29 is 19.4 Å². The summed E-state index contributed by atoms with van der Waals surface area (Å²) in [4.78, 5) is 12.6. The second-order valence-corrected chi connectivity index (χ2v) is 6.64. The molecule has 0 fully saturated rings. The van der Waals surface area contributed by atoms with Crippen molar-refractivity contribution in [2.75, 3.05) is 31.8 Å². The molecule has 0 bridgehead atoms. The second-order valence-electron chi connectivity index (χ2n) is 5.65. The number of ether oxygens (including phenoxy) is 2. The molecule has 1 atom stereocenters. The maximum absolute atomic E-state index is 12.6. The van der Waals surface area contributed by atoms with Gasteiger partial charge in [-0.3, -0.25) is 9.89 Å². The van der Waals surface area contributed by atoms with E-state index in [4.69, 9.17) is 9.47 Å². The standard InChI is InChI=1S/C17H21N3O4S/c1-25-7-4-12(10-21)19-17(22)13-9-18-20-16(13)11-2-3-14-15(8-11)24-6-5-23-14/h2-3,8-9,12,21H,4-7,10H2,1H3,(H,18,20)(H,19,22)/t12-/m1/s1. The van der Waals surface area contributed by atoms with Gasteiger partial charge < -0.3 is 19.9 Å². The summed E-state index contributed by atoms with van der Waals surface area (Å²) < 4.78 is 11.1. The Morgan fingerprint density at radius 3 is 2.96 bits per heavy atom. The van der Waals surface area contributed by atoms with Crippen molar-refractivity contribution in [2.24, 2.45) is 0 Å². The molecule has 7 nitrogen and oxygen atoms in total. The molecule has 8 heteroatoms. The summed E-state index contributed by atoms with van der Waals surface area (Å²) in [5.41, 5.74) is 1.83. The van der Waals surface area contributed by atoms with Gasteiger partial charge in [0.05, 0.1) is 30.1 Å². The molecule has 1 aromatic heterocycles. The van der Waals surface area contributed by atoms with E-state index in [1.54, 1.807) is 11.8 Å². The van der Waals surface area contributed by atoms with Crippen molar-refractivity contribution in [3.8, 4) is 22.8 Å². The van der Waals surface area contributed by atoms with Gasteiger partial charge in [-0.25, -0.2) is 0 Å². The van der Waals surface area contributed by atoms with E-state index in [2.05, 4.69) is 15.5 Å². The van der Waals surface area contributed by atoms with Gasteiger partial charge in [-0.2, -0.15) is 16.9 Å². The van der Waals surface area contributed by atoms with Gasteiger partial charge in [-0.15, -0.1) is 0 Å². The average Bonchev–Trinajstić information content (AvgIpc) is 3.14. The fraction of sp³-hybridized carbons (Fsp3) is 0.412. The third-order valence-electron chi connectivity index (χ3n) is 3.94. The Balaban J connectivity index is 1.79. The van der Waals surface area contributed by atoms with Crippen LogP contribution in [0.4, 0.5) is 0 Å². The summed E-state index contributed by atoms with van der Waals surface area (Å²) in [5, 5.41) is 19.2. The zero-order valence-corrected chi connectivity index (χ0v) is 14.8. The highest BCUT2D eigenvalue weighted by Crippen LogP contribution is 2.34. The molecule has 0 spiro atoms. The molecule has 2 heterocycles. The fourth-order valence-electron chi connectivity index (χ4n) is 2.61. The maximum Gasteiger partial charge on any atom is 0.255 e. The predicted octanol–water partition coefficient (Wildman–Crippen LogP) is 1.69. The number of aromatic nitrogens is 2. The number of benzene rings is 1. The summed E-state index contributed by atoms with van der Waals surface area (Å²) in [6, 6.07) is 5.23. The molecule has 1 aromatic carbocycles. The zero-order valence-electron chi connectivity index (χ0n) is 13.9. The minimum Gasteiger partial charge on any atom is -0.486 e. The van der Waals surface area contributed by atoms with Crippen LogP contribution in [0.2, 0.25) is 0 Å². The molecule has 0 saturated heterocycles. The molecule has 0 aliphatic carbocycles. The molecule has 3 N–H and O–H groups in total. The lowest BCUT2D eigenvalue weighted by molar-refractivity contribution is 0.0916. The number of amides is 1. The summed E-state index contributed by atoms with van der Waals surface area (Å²) >= 11 is 1.68. The number of carbonyl (C=O) groups excluding carboxylic acids is 1. The van der Waals surface area contributed by atoms with Crippen LogP contribution in [0, 0.1) is 0 Å². The Labute approximate surface area is 150 Å². The van der Waals surface area contributed by atoms with Crippen LogP contribution in [-0.2, 0) is 0 Å². The summed E-state index contributed by atoms with van der Waals surface area (Å²) in [5.74, 6) is 1.95. The predicted molar refractivity (Wildman–Crippen MR) is 96.4 cm³/mol. The summed E-state index contributed by atoms with van der Waals surface area (Å²) in [6.07, 6.45) is 4.19. The zero-order chi connectivity index (χ0) is 17.6. The normalized spacial score (nSPS) is 14.2. The molecule has 2 aromatic rings. The van der Waals surface area contributed by atoms with Crippen LogP contribution in [0.3, 0.4) is 0 Å². The Morgan fingerprint density at radius 2 is 2.20 bits per heavy atom. The average molecular weight is 363 g/mol. The Morgan fingerprint density at radius 1 is 1.40 bits per heavy atom. The number of hydrogen-bond donors (Lipinski definition) is 3. The highest BCUT2D eigenvalue weighted by atomic mass is 32.2. The lowest BCUT2D eigenvalue weighted by Crippen LogP contribution is -2.38. The number of nitrogens with one attached hydrogen (secondary N) is 2. The molecule has 1 amide bonds. The SMILES string of the molecule is CSCC[C@H](CO)NC(=O)c1cn[nH]c1-c1ccc2c(c1)OCCO2. The number of thioether (sulfide) groups is 1. The van der Waals surface area contributed by atoms with Gasteiger partial charge in [-0.05, 0) is 36.6 Å². The van der Waals surface area contributed by atoms with E-state index in [1.807, 2.05) is 24.5 Å². The number of rotatable bonds is 7. The Hall–Kier alpha value is -2.19. The molecule has 0 radical (unpaired) electrons. The topological polar surface area (TPSA) is 96.5 Å². The van der Waals surface area contributed by atoms with E-state index < -0.39 is 0 Å². The van der Waals surface area contributed by atoms with E-state index in [0.717, 1.165) is 11.3 Å². The van der Waals surface area contributed by atoms with Crippen LogP contribution in [0.15, 0.2) is 24.4 Å². The molecule has 1 aliphatic heterocycles. The number of fused-ring (bicyclic) bond motifs is 1. The first-order valence-electron chi connectivity index (χ1n) is 8.07. The number of aliphatic hydroxyl groups is 1. The highest BCUT2D eigenvalue weighted by Gasteiger charge is 2.20. The maximum atomic E-state index is 12.6. The van der Waals surface area contributed by atoms with Gasteiger partial charge in [-0.1, -0.05) is 0 Å². The van der Waals surface area contributed by atoms with Crippen LogP contribution < -0.4 is 14.8 Å². The molecular formula is C17H21N3O4S. The molecule has 0 saturated carbocycles. The van der Waals surface area contributed by atoms with Gasteiger partial charge in [0.15, 0.2) is 11.5 Å². The first kappa shape index (κ1) is 17.6. The van der Waals surface area contributed by atoms with E-state index >= 15 is 0 Å². The summed E-state index contributed by atoms with van der Waals surface area (Å²) in [6.45, 7) is 0.937. The highest BCUT2D eigenvalue weighted by molar-refractivity contribution is 7.98. The van der Waals surface area contributed by atoms with Gasteiger partial charge in [0.1, 0.15) is 13.2 Å². The van der Waals surface area contributed by atoms with Crippen LogP contribution >= 0.6 is 11.8 Å². The molecule has 1 aliphatic rings. The van der Waals surface area contributed by atoms with Gasteiger partial charge >= 0.3 is 0 Å². The van der Waals surface area contributed by atoms with Crippen molar-refractivity contribution in [1.82, 2.24) is 15.5 Å². The van der Waals surface area contributed by atoms with Crippen molar-refractivity contribution in [1.29, 1.82) is 0 Å². The molecule has 3 rings (SSSR count). The van der Waals surface area contributed by atoms with E-state index in [9.17, 15) is 9.90 Å². The number of aliphatic hydroxyl groups excluding tert-OH is 1. The number of aromatic amines is 1. The first-order chi connectivity index (χ1) is 12.2. The van der Waals surface area contributed by atoms with Gasteiger partial charge in [0.2, 0.25) is 0 Å². The lowest BCUT2D eigenvalue weighted by atomic mass is 10.1. The van der Waals surface area contributed by atoms with Crippen LogP contribution in [0.25, 0.3) is 11.3 Å². The molecule has 134 valence electrons. The fourth-order valence-corrected chi connectivity index (χ4v) is 3.13. The second kappa shape index (κ2) is 8.26. The third kappa shape index (κ3) is 4.08. The van der Waals surface area contributed by atoms with Crippen LogP contribution in [-0.4, -0.2) is 59.1 Å². The Kier molecular flexibility index (Phi) is 5.83. The van der Waals surface area contributed by atoms with E-state index in [0.29, 0.717) is 42.4 Å². The first-order valence-corrected chi connectivity index (χ1v) is 9.46. The molecule has 25 heavy (non-hydrogen) atoms. The Bertz CT molecular complexity index is 734. The molecular weight excluding hydrogens is 342 g/mol. The quantitative estimate of drug-likeness (QED) is 0.693. The monoisotopic (exact) mass is 363 g/mol. The van der Waals surface area contributed by atoms with Gasteiger partial charge in [0.25, 0.3) is 5.91 Å². The number of hydrogen-bond acceptors (Lipinski definition) is 6. The van der Waals surface area contributed by atoms with Crippen molar-refractivity contribution in [3.05, 3.63) is 30.0 Å². The minimum absolute atomic E-state index is 0.0937. The number of nitrogens with zero attached hydrogens (tertiary/aromatic N) is 1. The van der Waals surface area contributed by atoms with Crippen molar-refractivity contribution in [2.45, 2.75) is 12.5 Å². The largest absolute Gasteiger partial charge is 0.486 e. The number of H-pyrrole nitrogens is 1. The van der Waals surface area contributed by atoms with E-state index in [1.165, 1.54) is 6.20 Å². The van der Waals surface area contributed by atoms with Crippen molar-refractivity contribution in [3.63, 3.8) is 0 Å². The lowest BCUT2D eigenvalue weighted by Gasteiger charge is -2.19. The summed E-state index contributed by atoms with van der Waals surface area (Å²) in [7, 11) is 0. The minimum atomic E-state index is -0.275. The van der Waals surface area contributed by atoms with Crippen molar-refractivity contribution >= 4 is 17.7 Å². The molecule has 0 unspecified atom stereocenters. The smallest absolute Gasteiger partial charge is 0.255 e.